The summed E-state index contributed by atoms with van der Waals surface area (Å²) in [6, 6.07) is 0. The molecular formula is C7H17NO6. The van der Waals surface area contributed by atoms with Crippen molar-refractivity contribution in [2.75, 3.05) is 20.2 Å². The van der Waals surface area contributed by atoms with Gasteiger partial charge in [-0.3, -0.25) is 0 Å². The number of hydroxylamine groups is 2. The van der Waals surface area contributed by atoms with Crippen LogP contribution in [-0.4, -0.2) is 70.1 Å². The standard InChI is InChI=1S/C7H17NO6/c1-8(14)2-4(10)6(12)7(13)5(11)3-9/h4-13H,2-3H2,1H3. The van der Waals surface area contributed by atoms with Gasteiger partial charge < -0.3 is 35.8 Å². The fourth-order valence-electron chi connectivity index (χ4n) is 0.978. The summed E-state index contributed by atoms with van der Waals surface area (Å²) in [7, 11) is 1.23. The molecule has 0 spiro atoms. The number of hydrogen-bond acceptors (Lipinski definition) is 6. The minimum absolute atomic E-state index is 0.309. The molecule has 0 radical (unpaired) electrons. The van der Waals surface area contributed by atoms with Gasteiger partial charge in [0, 0.05) is 0 Å². The normalized spacial score (nSPS) is 22.5. The molecule has 0 bridgehead atoms. The van der Waals surface area contributed by atoms with Crippen molar-refractivity contribution in [3.8, 4) is 0 Å². The van der Waals surface area contributed by atoms with Crippen molar-refractivity contribution in [1.29, 1.82) is 0 Å². The second kappa shape index (κ2) is 6.25. The molecule has 0 saturated heterocycles. The molecule has 0 rings (SSSR count). The first-order valence-electron chi connectivity index (χ1n) is 4.22. The maximum Gasteiger partial charge on any atom is 0.131 e. The van der Waals surface area contributed by atoms with Crippen molar-refractivity contribution >= 4 is 0 Å². The highest BCUT2D eigenvalue weighted by Crippen LogP contribution is 2.03. The van der Waals surface area contributed by atoms with E-state index >= 15 is 0 Å². The largest absolute Gasteiger partial charge is 0.634 e. The average molecular weight is 211 g/mol. The van der Waals surface area contributed by atoms with E-state index in [1.54, 1.807) is 0 Å². The predicted octanol–water partition coefficient (Wildman–Crippen LogP) is -4.57. The predicted molar refractivity (Wildman–Crippen MR) is 46.2 cm³/mol. The van der Waals surface area contributed by atoms with Crippen LogP contribution < -0.4 is 5.06 Å². The average Bonchev–Trinajstić information content (AvgIpc) is 2.13. The fraction of sp³-hybridized carbons (Fsp3) is 1.00. The summed E-state index contributed by atoms with van der Waals surface area (Å²) in [5.74, 6) is 0. The molecule has 0 heterocycles. The van der Waals surface area contributed by atoms with Gasteiger partial charge in [0.2, 0.25) is 0 Å². The minimum Gasteiger partial charge on any atom is -0.634 e. The smallest absolute Gasteiger partial charge is 0.131 e. The molecule has 0 aromatic heterocycles. The van der Waals surface area contributed by atoms with E-state index in [-0.39, 0.29) is 11.6 Å². The van der Waals surface area contributed by atoms with E-state index in [1.807, 2.05) is 0 Å². The third-order valence-corrected chi connectivity index (χ3v) is 1.82. The van der Waals surface area contributed by atoms with Crippen LogP contribution >= 0.6 is 0 Å². The Morgan fingerprint density at radius 3 is 1.86 bits per heavy atom. The van der Waals surface area contributed by atoms with E-state index in [1.165, 1.54) is 7.05 Å². The molecule has 7 heteroatoms. The summed E-state index contributed by atoms with van der Waals surface area (Å²) >= 11 is 0. The van der Waals surface area contributed by atoms with Gasteiger partial charge in [0.15, 0.2) is 0 Å². The monoisotopic (exact) mass is 211 g/mol. The molecule has 0 aromatic rings. The van der Waals surface area contributed by atoms with E-state index in [0.717, 1.165) is 0 Å². The third kappa shape index (κ3) is 4.29. The zero-order valence-electron chi connectivity index (χ0n) is 7.87. The number of nitrogens with one attached hydrogen (secondary N) is 1. The van der Waals surface area contributed by atoms with Crippen molar-refractivity contribution in [2.45, 2.75) is 24.4 Å². The van der Waals surface area contributed by atoms with Gasteiger partial charge in [-0.2, -0.15) is 0 Å². The summed E-state index contributed by atoms with van der Waals surface area (Å²) in [5.41, 5.74) is 0. The lowest BCUT2D eigenvalue weighted by Crippen LogP contribution is -3.05. The van der Waals surface area contributed by atoms with Crippen LogP contribution in [0.2, 0.25) is 0 Å². The van der Waals surface area contributed by atoms with Crippen molar-refractivity contribution in [3.05, 3.63) is 5.21 Å². The van der Waals surface area contributed by atoms with E-state index in [0.29, 0.717) is 0 Å². The van der Waals surface area contributed by atoms with E-state index in [2.05, 4.69) is 0 Å². The van der Waals surface area contributed by atoms with Gasteiger partial charge in [-0.15, -0.1) is 0 Å². The molecule has 0 saturated carbocycles. The molecule has 0 amide bonds. The highest BCUT2D eigenvalue weighted by molar-refractivity contribution is 4.79. The van der Waals surface area contributed by atoms with Gasteiger partial charge in [0.1, 0.15) is 31.0 Å². The Balaban J connectivity index is 4.09. The number of aliphatic hydroxyl groups is 5. The molecule has 7 nitrogen and oxygen atoms in total. The molecule has 0 fully saturated rings. The first kappa shape index (κ1) is 13.7. The van der Waals surface area contributed by atoms with Crippen LogP contribution in [-0.2, 0) is 0 Å². The lowest BCUT2D eigenvalue weighted by Gasteiger charge is -2.27. The van der Waals surface area contributed by atoms with E-state index in [9.17, 15) is 15.4 Å². The Morgan fingerprint density at radius 2 is 1.50 bits per heavy atom. The number of aliphatic hydroxyl groups excluding tert-OH is 5. The van der Waals surface area contributed by atoms with Gasteiger partial charge >= 0.3 is 0 Å². The van der Waals surface area contributed by atoms with Crippen LogP contribution in [0.15, 0.2) is 0 Å². The molecule has 86 valence electrons. The molecule has 5 unspecified atom stereocenters. The van der Waals surface area contributed by atoms with Gasteiger partial charge in [0.25, 0.3) is 0 Å². The van der Waals surface area contributed by atoms with Crippen molar-refractivity contribution in [1.82, 2.24) is 0 Å². The molecular weight excluding hydrogens is 194 g/mol. The second-order valence-corrected chi connectivity index (χ2v) is 3.20. The topological polar surface area (TPSA) is 129 Å². The van der Waals surface area contributed by atoms with Crippen LogP contribution in [0.3, 0.4) is 0 Å². The number of likely N-dealkylation sites (N-methyl/N-ethyl adjacent to an activating group) is 1. The first-order valence-corrected chi connectivity index (χ1v) is 4.22. The van der Waals surface area contributed by atoms with Crippen molar-refractivity contribution < 1.29 is 30.6 Å². The maximum atomic E-state index is 10.6. The molecule has 0 aliphatic rings. The maximum absolute atomic E-state index is 10.6. The number of hydrogen-bond donors (Lipinski definition) is 6. The van der Waals surface area contributed by atoms with Crippen molar-refractivity contribution in [2.24, 2.45) is 0 Å². The minimum atomic E-state index is -1.67. The summed E-state index contributed by atoms with van der Waals surface area (Å²) < 4.78 is 0. The first-order chi connectivity index (χ1) is 6.40. The van der Waals surface area contributed by atoms with E-state index in [4.69, 9.17) is 15.3 Å². The second-order valence-electron chi connectivity index (χ2n) is 3.20. The summed E-state index contributed by atoms with van der Waals surface area (Å²) in [5, 5.41) is 55.1. The van der Waals surface area contributed by atoms with E-state index < -0.39 is 31.0 Å². The Morgan fingerprint density at radius 1 is 1.07 bits per heavy atom. The fourth-order valence-corrected chi connectivity index (χ4v) is 0.978. The molecule has 6 N–H and O–H groups in total. The lowest BCUT2D eigenvalue weighted by molar-refractivity contribution is -0.830. The lowest BCUT2D eigenvalue weighted by atomic mass is 10.0. The molecule has 0 aliphatic heterocycles. The summed E-state index contributed by atoms with van der Waals surface area (Å²) in [6.45, 7) is -1.04. The highest BCUT2D eigenvalue weighted by Gasteiger charge is 2.30. The van der Waals surface area contributed by atoms with Crippen LogP contribution in [0.4, 0.5) is 0 Å². The Labute approximate surface area is 81.4 Å². The van der Waals surface area contributed by atoms with Gasteiger partial charge in [-0.05, 0) is 0 Å². The summed E-state index contributed by atoms with van der Waals surface area (Å²) in [4.78, 5) is 0. The van der Waals surface area contributed by atoms with Gasteiger partial charge in [-0.1, -0.05) is 0 Å². The quantitative estimate of drug-likeness (QED) is 0.245. The Bertz CT molecular complexity index is 155. The zero-order valence-corrected chi connectivity index (χ0v) is 7.87. The van der Waals surface area contributed by atoms with Crippen LogP contribution in [0.5, 0.6) is 0 Å². The van der Waals surface area contributed by atoms with Crippen LogP contribution in [0, 0.1) is 5.21 Å². The molecule has 14 heavy (non-hydrogen) atoms. The van der Waals surface area contributed by atoms with Gasteiger partial charge in [-0.25, -0.2) is 0 Å². The third-order valence-electron chi connectivity index (χ3n) is 1.82. The molecule has 5 atom stereocenters. The van der Waals surface area contributed by atoms with Crippen LogP contribution in [0.25, 0.3) is 0 Å². The molecule has 0 aromatic carbocycles. The number of quaternary nitrogens is 1. The van der Waals surface area contributed by atoms with Crippen LogP contribution in [0.1, 0.15) is 0 Å². The summed E-state index contributed by atoms with van der Waals surface area (Å²) in [6.07, 6.45) is -6.30. The highest BCUT2D eigenvalue weighted by atomic mass is 16.5. The zero-order chi connectivity index (χ0) is 11.3. The van der Waals surface area contributed by atoms with Crippen molar-refractivity contribution in [3.63, 3.8) is 0 Å². The molecule has 0 aliphatic carbocycles. The van der Waals surface area contributed by atoms with Gasteiger partial charge in [0.05, 0.1) is 13.7 Å². The Hall–Kier alpha value is -0.280. The number of rotatable bonds is 6. The Kier molecular flexibility index (Phi) is 6.12. The SMILES string of the molecule is C[NH+]([O-])CC(O)C(O)C(O)C(O)CO.